The zero-order valence-corrected chi connectivity index (χ0v) is 17.3. The molecule has 0 bridgehead atoms. The lowest BCUT2D eigenvalue weighted by Gasteiger charge is -2.39. The Morgan fingerprint density at radius 3 is 2.42 bits per heavy atom. The van der Waals surface area contributed by atoms with Crippen LogP contribution in [0.5, 0.6) is 0 Å². The van der Waals surface area contributed by atoms with Gasteiger partial charge in [-0.1, -0.05) is 40.5 Å². The lowest BCUT2D eigenvalue weighted by Crippen LogP contribution is -2.54. The van der Waals surface area contributed by atoms with Gasteiger partial charge in [-0.25, -0.2) is 0 Å². The Balaban J connectivity index is 2.05. The zero-order chi connectivity index (χ0) is 19.7. The highest BCUT2D eigenvalue weighted by molar-refractivity contribution is 8.01. The lowest BCUT2D eigenvalue weighted by molar-refractivity contribution is -0.158. The van der Waals surface area contributed by atoms with Gasteiger partial charge in [0.25, 0.3) is 0 Å². The minimum Gasteiger partial charge on any atom is -0.352 e. The van der Waals surface area contributed by atoms with Gasteiger partial charge in [0.1, 0.15) is 11.3 Å². The molecule has 0 aromatic rings. The van der Waals surface area contributed by atoms with Gasteiger partial charge in [0.2, 0.25) is 5.91 Å². The van der Waals surface area contributed by atoms with Crippen molar-refractivity contribution in [3.8, 4) is 0 Å². The summed E-state index contributed by atoms with van der Waals surface area (Å²) in [7, 11) is 0. The number of carbonyl (C=O) groups excluding carboxylic acids is 1. The largest absolute Gasteiger partial charge is 0.405 e. The highest BCUT2D eigenvalue weighted by Crippen LogP contribution is 2.39. The first kappa shape index (κ1) is 21.9. The topological polar surface area (TPSA) is 41.1 Å². The van der Waals surface area contributed by atoms with E-state index in [1.54, 1.807) is 6.92 Å². The Kier molecular flexibility index (Phi) is 6.97. The first-order valence-electron chi connectivity index (χ1n) is 9.67. The van der Waals surface area contributed by atoms with E-state index in [0.717, 1.165) is 43.9 Å². The monoisotopic (exact) mass is 394 g/mol. The average Bonchev–Trinajstić information content (AvgIpc) is 2.88. The van der Waals surface area contributed by atoms with E-state index in [1.807, 2.05) is 0 Å². The molecule has 152 valence electrons. The molecular formula is C19H33F3N2OS. The van der Waals surface area contributed by atoms with Crippen LogP contribution in [0.25, 0.3) is 0 Å². The number of thioether (sulfide) groups is 1. The zero-order valence-electron chi connectivity index (χ0n) is 16.5. The van der Waals surface area contributed by atoms with Crippen molar-refractivity contribution in [3.63, 3.8) is 0 Å². The van der Waals surface area contributed by atoms with Gasteiger partial charge < -0.3 is 5.32 Å². The first-order chi connectivity index (χ1) is 11.9. The number of hydrogen-bond donors (Lipinski definition) is 2. The van der Waals surface area contributed by atoms with E-state index in [4.69, 9.17) is 0 Å². The summed E-state index contributed by atoms with van der Waals surface area (Å²) in [5.41, 5.74) is 0.202. The molecule has 0 radical (unpaired) electrons. The molecule has 2 N–H and O–H groups in total. The van der Waals surface area contributed by atoms with Crippen molar-refractivity contribution in [3.05, 3.63) is 0 Å². The Bertz CT molecular complexity index is 492. The van der Waals surface area contributed by atoms with Gasteiger partial charge in [0, 0.05) is 6.04 Å². The van der Waals surface area contributed by atoms with E-state index in [9.17, 15) is 18.0 Å². The van der Waals surface area contributed by atoms with Crippen LogP contribution in [-0.2, 0) is 4.79 Å². The summed E-state index contributed by atoms with van der Waals surface area (Å²) in [4.78, 5) is 12.7. The van der Waals surface area contributed by atoms with Crippen LogP contribution >= 0.6 is 11.8 Å². The summed E-state index contributed by atoms with van der Waals surface area (Å²) >= 11 is 1.07. The molecule has 0 aromatic heterocycles. The number of rotatable bonds is 4. The lowest BCUT2D eigenvalue weighted by atomic mass is 9.71. The van der Waals surface area contributed by atoms with Crippen LogP contribution in [0.3, 0.4) is 0 Å². The van der Waals surface area contributed by atoms with Crippen molar-refractivity contribution in [2.45, 2.75) is 95.6 Å². The standard InChI is InChI=1S/C19H33F3N2OS/c1-11(10-18(3,4)5)13-8-6-7-9-14(13)24-17(25)15-16(19(20,21)22)23-12(2)26-15/h11-16,23H,6-10H2,1-5H3,(H,24,25). The molecule has 0 spiro atoms. The van der Waals surface area contributed by atoms with Crippen LogP contribution in [0.1, 0.15) is 66.7 Å². The minimum atomic E-state index is -4.41. The van der Waals surface area contributed by atoms with Gasteiger partial charge in [0.15, 0.2) is 0 Å². The van der Waals surface area contributed by atoms with Crippen molar-refractivity contribution in [2.75, 3.05) is 0 Å². The van der Waals surface area contributed by atoms with Gasteiger partial charge >= 0.3 is 6.18 Å². The molecule has 6 atom stereocenters. The van der Waals surface area contributed by atoms with E-state index in [2.05, 4.69) is 38.3 Å². The molecule has 1 saturated heterocycles. The van der Waals surface area contributed by atoms with Crippen LogP contribution in [0.2, 0.25) is 0 Å². The highest BCUT2D eigenvalue weighted by Gasteiger charge is 2.52. The van der Waals surface area contributed by atoms with Gasteiger partial charge in [-0.15, -0.1) is 11.8 Å². The average molecular weight is 395 g/mol. The minimum absolute atomic E-state index is 0.0148. The van der Waals surface area contributed by atoms with Gasteiger partial charge in [0.05, 0.1) is 5.37 Å². The second kappa shape index (κ2) is 8.29. The SMILES string of the molecule is CC1NC(C(F)(F)F)C(C(=O)NC2CCCCC2C(C)CC(C)(C)C)S1. The summed E-state index contributed by atoms with van der Waals surface area (Å²) in [6.07, 6.45) is 0.697. The Hall–Kier alpha value is -0.430. The van der Waals surface area contributed by atoms with Crippen LogP contribution in [0.15, 0.2) is 0 Å². The molecule has 1 aliphatic heterocycles. The quantitative estimate of drug-likeness (QED) is 0.725. The van der Waals surface area contributed by atoms with Crippen LogP contribution in [0.4, 0.5) is 13.2 Å². The fraction of sp³-hybridized carbons (Fsp3) is 0.947. The molecule has 2 fully saturated rings. The number of alkyl halides is 3. The molecule has 2 aliphatic rings. The maximum absolute atomic E-state index is 13.3. The molecule has 1 saturated carbocycles. The Morgan fingerprint density at radius 1 is 1.23 bits per heavy atom. The molecule has 2 rings (SSSR count). The maximum Gasteiger partial charge on any atom is 0.405 e. The van der Waals surface area contributed by atoms with Crippen LogP contribution < -0.4 is 10.6 Å². The van der Waals surface area contributed by atoms with E-state index >= 15 is 0 Å². The van der Waals surface area contributed by atoms with E-state index < -0.39 is 23.4 Å². The number of nitrogens with one attached hydrogen (secondary N) is 2. The van der Waals surface area contributed by atoms with Crippen molar-refractivity contribution in [2.24, 2.45) is 17.3 Å². The summed E-state index contributed by atoms with van der Waals surface area (Å²) in [5.74, 6) is 0.314. The van der Waals surface area contributed by atoms with Gasteiger partial charge in [-0.05, 0) is 43.4 Å². The summed E-state index contributed by atoms with van der Waals surface area (Å²) in [6, 6.07) is -1.78. The molecule has 0 aromatic carbocycles. The van der Waals surface area contributed by atoms with Crippen molar-refractivity contribution in [1.29, 1.82) is 0 Å². The normalized spacial score (nSPS) is 34.5. The van der Waals surface area contributed by atoms with Crippen LogP contribution in [-0.4, -0.2) is 34.8 Å². The fourth-order valence-corrected chi connectivity index (χ4v) is 5.81. The predicted molar refractivity (Wildman–Crippen MR) is 101 cm³/mol. The van der Waals surface area contributed by atoms with E-state index in [0.29, 0.717) is 11.8 Å². The Morgan fingerprint density at radius 2 is 1.85 bits per heavy atom. The smallest absolute Gasteiger partial charge is 0.352 e. The second-order valence-corrected chi connectivity index (χ2v) is 10.7. The molecule has 1 amide bonds. The Labute approximate surface area is 159 Å². The third-order valence-corrected chi connectivity index (χ3v) is 6.81. The third kappa shape index (κ3) is 5.78. The second-order valence-electron chi connectivity index (χ2n) is 9.19. The van der Waals surface area contributed by atoms with Crippen molar-refractivity contribution < 1.29 is 18.0 Å². The van der Waals surface area contributed by atoms with Gasteiger partial charge in [-0.3, -0.25) is 10.1 Å². The predicted octanol–water partition coefficient (Wildman–Crippen LogP) is 4.72. The molecule has 3 nitrogen and oxygen atoms in total. The van der Waals surface area contributed by atoms with Crippen molar-refractivity contribution >= 4 is 17.7 Å². The third-order valence-electron chi connectivity index (χ3n) is 5.49. The van der Waals surface area contributed by atoms with Gasteiger partial charge in [-0.2, -0.15) is 13.2 Å². The number of amides is 1. The molecule has 6 unspecified atom stereocenters. The molecule has 26 heavy (non-hydrogen) atoms. The fourth-order valence-electron chi connectivity index (χ4n) is 4.56. The molecule has 7 heteroatoms. The summed E-state index contributed by atoms with van der Waals surface area (Å²) in [5, 5.41) is 4.02. The van der Waals surface area contributed by atoms with Crippen LogP contribution in [0, 0.1) is 17.3 Å². The summed E-state index contributed by atoms with van der Waals surface area (Å²) in [6.45, 7) is 10.5. The number of hydrogen-bond acceptors (Lipinski definition) is 3. The first-order valence-corrected chi connectivity index (χ1v) is 10.6. The molecular weight excluding hydrogens is 361 g/mol. The maximum atomic E-state index is 13.3. The van der Waals surface area contributed by atoms with Crippen molar-refractivity contribution in [1.82, 2.24) is 10.6 Å². The van der Waals surface area contributed by atoms with E-state index in [1.165, 1.54) is 0 Å². The molecule has 1 aliphatic carbocycles. The molecule has 1 heterocycles. The number of halogens is 3. The summed E-state index contributed by atoms with van der Waals surface area (Å²) < 4.78 is 39.8. The van der Waals surface area contributed by atoms with E-state index in [-0.39, 0.29) is 16.8 Å². The highest BCUT2D eigenvalue weighted by atomic mass is 32.2. The number of carbonyl (C=O) groups is 1.